The highest BCUT2D eigenvalue weighted by Crippen LogP contribution is 2.27. The quantitative estimate of drug-likeness (QED) is 0.383. The zero-order chi connectivity index (χ0) is 18.9. The third-order valence-corrected chi connectivity index (χ3v) is 5.12. The maximum absolute atomic E-state index is 11.6. The van der Waals surface area contributed by atoms with Gasteiger partial charge < -0.3 is 20.1 Å². The molecule has 7 heteroatoms. The summed E-state index contributed by atoms with van der Waals surface area (Å²) in [5, 5.41) is 30.3. The molecule has 3 atom stereocenters. The third-order valence-electron chi connectivity index (χ3n) is 5.12. The van der Waals surface area contributed by atoms with Gasteiger partial charge in [-0.25, -0.2) is 9.59 Å². The van der Waals surface area contributed by atoms with E-state index in [-0.39, 0.29) is 6.54 Å². The first-order valence-electron chi connectivity index (χ1n) is 8.66. The number of hydrogen-bond acceptors (Lipinski definition) is 4. The zero-order valence-corrected chi connectivity index (χ0v) is 15.2. The molecule has 2 N–H and O–H groups in total. The summed E-state index contributed by atoms with van der Waals surface area (Å²) in [6.07, 6.45) is 5.65. The molecule has 0 aliphatic rings. The summed E-state index contributed by atoms with van der Waals surface area (Å²) in [5.74, 6) is -3.84. The molecule has 0 heterocycles. The molecule has 0 spiro atoms. The van der Waals surface area contributed by atoms with Gasteiger partial charge in [0.2, 0.25) is 0 Å². The molecule has 0 radical (unpaired) electrons. The largest absolute Gasteiger partial charge is 0.544 e. The number of nitrogens with zero attached hydrogens (tertiary/aromatic N) is 1. The number of carbonyl (C=O) groups excluding carboxylic acids is 1. The Kier molecular flexibility index (Phi) is 9.58. The van der Waals surface area contributed by atoms with Gasteiger partial charge in [0.1, 0.15) is 6.04 Å². The van der Waals surface area contributed by atoms with Crippen molar-refractivity contribution >= 4 is 17.9 Å². The minimum Gasteiger partial charge on any atom is -0.544 e. The molecule has 0 saturated carbocycles. The lowest BCUT2D eigenvalue weighted by molar-refractivity contribution is -0.969. The minimum absolute atomic E-state index is 0.183. The second-order valence-corrected chi connectivity index (χ2v) is 6.51. The van der Waals surface area contributed by atoms with Crippen LogP contribution in [0.4, 0.5) is 0 Å². The normalized spacial score (nSPS) is 17.5. The molecule has 0 amide bonds. The van der Waals surface area contributed by atoms with Gasteiger partial charge in [-0.05, 0) is 33.6 Å². The predicted molar refractivity (Wildman–Crippen MR) is 87.2 cm³/mol. The summed E-state index contributed by atoms with van der Waals surface area (Å²) >= 11 is 0. The zero-order valence-electron chi connectivity index (χ0n) is 15.2. The van der Waals surface area contributed by atoms with Gasteiger partial charge in [-0.3, -0.25) is 4.48 Å². The van der Waals surface area contributed by atoms with Crippen molar-refractivity contribution in [2.24, 2.45) is 0 Å². The van der Waals surface area contributed by atoms with E-state index in [4.69, 9.17) is 0 Å². The fourth-order valence-electron chi connectivity index (χ4n) is 3.36. The van der Waals surface area contributed by atoms with E-state index in [0.29, 0.717) is 6.42 Å². The molecule has 0 rings (SSSR count). The van der Waals surface area contributed by atoms with Crippen LogP contribution >= 0.6 is 0 Å². The van der Waals surface area contributed by atoms with Crippen molar-refractivity contribution < 1.29 is 34.2 Å². The van der Waals surface area contributed by atoms with Crippen molar-refractivity contribution in [1.82, 2.24) is 0 Å². The highest BCUT2D eigenvalue weighted by Gasteiger charge is 2.50. The Bertz CT molecular complexity index is 386. The van der Waals surface area contributed by atoms with E-state index in [0.717, 1.165) is 32.1 Å². The van der Waals surface area contributed by atoms with Crippen molar-refractivity contribution in [3.8, 4) is 0 Å². The molecule has 0 aliphatic carbocycles. The van der Waals surface area contributed by atoms with Gasteiger partial charge >= 0.3 is 11.9 Å². The van der Waals surface area contributed by atoms with Gasteiger partial charge in [0, 0.05) is 0 Å². The molecular weight excluding hydrogens is 314 g/mol. The number of hydrogen-bond donors (Lipinski definition) is 2. The van der Waals surface area contributed by atoms with Gasteiger partial charge in [0.25, 0.3) is 0 Å². The Balaban J connectivity index is 5.45. The molecule has 0 saturated heterocycles. The number of carboxylic acids is 3. The molecule has 0 aliphatic heterocycles. The molecule has 7 nitrogen and oxygen atoms in total. The van der Waals surface area contributed by atoms with Gasteiger partial charge in [0.15, 0.2) is 12.1 Å². The van der Waals surface area contributed by atoms with Gasteiger partial charge in [-0.1, -0.05) is 32.6 Å². The van der Waals surface area contributed by atoms with Crippen LogP contribution in [0.2, 0.25) is 0 Å². The number of aliphatic carboxylic acids is 3. The Labute approximate surface area is 143 Å². The average molecular weight is 345 g/mol. The van der Waals surface area contributed by atoms with Crippen molar-refractivity contribution in [1.29, 1.82) is 0 Å². The van der Waals surface area contributed by atoms with E-state index in [2.05, 4.69) is 6.92 Å². The number of carboxylic acid groups (broad SMARTS) is 3. The van der Waals surface area contributed by atoms with Crippen LogP contribution in [0.15, 0.2) is 0 Å². The molecule has 0 aromatic carbocycles. The molecular formula is C17H31NO6. The third kappa shape index (κ3) is 5.47. The van der Waals surface area contributed by atoms with Crippen molar-refractivity contribution in [3.05, 3.63) is 0 Å². The van der Waals surface area contributed by atoms with E-state index in [1.807, 2.05) is 0 Å². The molecule has 0 bridgehead atoms. The lowest BCUT2D eigenvalue weighted by Gasteiger charge is -2.49. The Morgan fingerprint density at radius 3 is 1.62 bits per heavy atom. The van der Waals surface area contributed by atoms with Crippen molar-refractivity contribution in [2.75, 3.05) is 6.54 Å². The highest BCUT2D eigenvalue weighted by atomic mass is 16.4. The second-order valence-electron chi connectivity index (χ2n) is 6.51. The van der Waals surface area contributed by atoms with Crippen LogP contribution in [0, 0.1) is 0 Å². The van der Waals surface area contributed by atoms with Crippen LogP contribution in [-0.2, 0) is 14.4 Å². The SMILES string of the molecule is CCCCCCCC[N+](C(C)C(=O)[O-])(C(C)C(=O)O)C(C)C(=O)O. The highest BCUT2D eigenvalue weighted by molar-refractivity contribution is 5.76. The molecule has 140 valence electrons. The van der Waals surface area contributed by atoms with E-state index < -0.39 is 40.5 Å². The molecule has 0 aromatic rings. The lowest BCUT2D eigenvalue weighted by atomic mass is 10.00. The Morgan fingerprint density at radius 2 is 1.25 bits per heavy atom. The van der Waals surface area contributed by atoms with E-state index in [1.54, 1.807) is 0 Å². The predicted octanol–water partition coefficient (Wildman–Crippen LogP) is 1.25. The standard InChI is InChI=1S/C17H31NO6/c1-5-6-7-8-9-10-11-18(12(2)15(19)20,13(3)16(21)22)14(4)17(23)24/h12-14H,5-11H2,1-4H3,(H2-,19,20,21,22,23,24). The summed E-state index contributed by atoms with van der Waals surface area (Å²) in [6.45, 7) is 6.37. The smallest absolute Gasteiger partial charge is 0.362 e. The number of quaternary nitrogens is 1. The number of carbonyl (C=O) groups is 3. The summed E-state index contributed by atoms with van der Waals surface area (Å²) in [4.78, 5) is 34.6. The number of rotatable bonds is 13. The van der Waals surface area contributed by atoms with Gasteiger partial charge in [-0.2, -0.15) is 0 Å². The van der Waals surface area contributed by atoms with Crippen LogP contribution < -0.4 is 5.11 Å². The second kappa shape index (κ2) is 10.3. The Hall–Kier alpha value is -1.63. The molecule has 0 aromatic heterocycles. The maximum Gasteiger partial charge on any atom is 0.362 e. The van der Waals surface area contributed by atoms with Gasteiger partial charge in [-0.15, -0.1) is 0 Å². The van der Waals surface area contributed by atoms with Crippen LogP contribution in [0.1, 0.15) is 66.2 Å². The summed E-state index contributed by atoms with van der Waals surface area (Å²) < 4.78 is -0.541. The van der Waals surface area contributed by atoms with E-state index in [1.165, 1.54) is 20.8 Å². The fraction of sp³-hybridized carbons (Fsp3) is 0.824. The van der Waals surface area contributed by atoms with Crippen LogP contribution in [0.25, 0.3) is 0 Å². The minimum atomic E-state index is -1.43. The first kappa shape index (κ1) is 22.4. The first-order chi connectivity index (χ1) is 11.1. The topological polar surface area (TPSA) is 115 Å². The summed E-state index contributed by atoms with van der Waals surface area (Å²) in [5.41, 5.74) is 0. The van der Waals surface area contributed by atoms with E-state index in [9.17, 15) is 29.7 Å². The summed E-state index contributed by atoms with van der Waals surface area (Å²) in [7, 11) is 0. The van der Waals surface area contributed by atoms with Crippen LogP contribution in [0.5, 0.6) is 0 Å². The monoisotopic (exact) mass is 345 g/mol. The maximum atomic E-state index is 11.6. The number of unbranched alkanes of at least 4 members (excludes halogenated alkanes) is 5. The van der Waals surface area contributed by atoms with Crippen molar-refractivity contribution in [3.63, 3.8) is 0 Å². The molecule has 24 heavy (non-hydrogen) atoms. The van der Waals surface area contributed by atoms with Crippen LogP contribution in [-0.4, -0.2) is 57.3 Å². The van der Waals surface area contributed by atoms with Gasteiger partial charge in [0.05, 0.1) is 12.5 Å². The fourth-order valence-corrected chi connectivity index (χ4v) is 3.36. The average Bonchev–Trinajstić information content (AvgIpc) is 2.52. The first-order valence-corrected chi connectivity index (χ1v) is 8.66. The van der Waals surface area contributed by atoms with Crippen molar-refractivity contribution in [2.45, 2.75) is 84.3 Å². The Morgan fingerprint density at radius 1 is 0.833 bits per heavy atom. The van der Waals surface area contributed by atoms with Crippen LogP contribution in [0.3, 0.4) is 0 Å². The summed E-state index contributed by atoms with van der Waals surface area (Å²) in [6, 6.07) is -3.53. The molecule has 0 fully saturated rings. The lowest BCUT2D eigenvalue weighted by Crippen LogP contribution is -2.72. The molecule has 3 unspecified atom stereocenters. The van der Waals surface area contributed by atoms with E-state index >= 15 is 0 Å².